The molecule has 0 aliphatic rings. The summed E-state index contributed by atoms with van der Waals surface area (Å²) in [5, 5.41) is 19.0. The van der Waals surface area contributed by atoms with E-state index in [0.717, 1.165) is 27.9 Å². The number of hydrogen-bond acceptors (Lipinski definition) is 4. The minimum atomic E-state index is -0.914. The van der Waals surface area contributed by atoms with Gasteiger partial charge in [-0.2, -0.15) is 0 Å². The van der Waals surface area contributed by atoms with Crippen molar-refractivity contribution in [1.82, 2.24) is 20.2 Å². The van der Waals surface area contributed by atoms with E-state index in [1.807, 2.05) is 54.6 Å². The van der Waals surface area contributed by atoms with Gasteiger partial charge in [0, 0.05) is 33.6 Å². The van der Waals surface area contributed by atoms with Gasteiger partial charge in [0.1, 0.15) is 17.3 Å². The Hall–Kier alpha value is -4.39. The lowest BCUT2D eigenvalue weighted by Crippen LogP contribution is -2.20. The summed E-state index contributed by atoms with van der Waals surface area (Å²) in [4.78, 5) is 17.9. The van der Waals surface area contributed by atoms with Gasteiger partial charge in [-0.1, -0.05) is 42.5 Å². The van der Waals surface area contributed by atoms with Crippen LogP contribution >= 0.6 is 0 Å². The molecule has 0 amide bonds. The molecule has 5 rings (SSSR count). The van der Waals surface area contributed by atoms with Crippen LogP contribution in [0, 0.1) is 0 Å². The molecule has 34 heavy (non-hydrogen) atoms. The zero-order valence-electron chi connectivity index (χ0n) is 18.9. The molecular weight excluding hydrogens is 428 g/mol. The van der Waals surface area contributed by atoms with E-state index >= 15 is 0 Å². The van der Waals surface area contributed by atoms with Crippen LogP contribution < -0.4 is 4.74 Å². The van der Waals surface area contributed by atoms with Crippen molar-refractivity contribution < 1.29 is 14.6 Å². The van der Waals surface area contributed by atoms with Crippen LogP contribution in [0.1, 0.15) is 30.8 Å². The number of hydrogen-bond donors (Lipinski definition) is 3. The van der Waals surface area contributed by atoms with Gasteiger partial charge >= 0.3 is 5.97 Å². The molecule has 0 bridgehead atoms. The highest BCUT2D eigenvalue weighted by atomic mass is 16.5. The smallest absolute Gasteiger partial charge is 0.307 e. The van der Waals surface area contributed by atoms with Gasteiger partial charge in [0.05, 0.1) is 6.42 Å². The maximum absolute atomic E-state index is 11.5. The second-order valence-corrected chi connectivity index (χ2v) is 8.69. The Morgan fingerprint density at radius 1 is 1.00 bits per heavy atom. The summed E-state index contributed by atoms with van der Waals surface area (Å²) in [7, 11) is 0. The van der Waals surface area contributed by atoms with Crippen molar-refractivity contribution >= 4 is 16.9 Å². The average Bonchev–Trinajstić information content (AvgIpc) is 3.52. The van der Waals surface area contributed by atoms with Crippen molar-refractivity contribution in [2.45, 2.75) is 25.7 Å². The van der Waals surface area contributed by atoms with Crippen LogP contribution in [0.4, 0.5) is 0 Å². The number of benzene rings is 3. The van der Waals surface area contributed by atoms with Crippen molar-refractivity contribution in [2.75, 3.05) is 0 Å². The third kappa shape index (κ3) is 4.03. The zero-order chi connectivity index (χ0) is 23.7. The minimum absolute atomic E-state index is 0.135. The molecule has 170 valence electrons. The van der Waals surface area contributed by atoms with Crippen LogP contribution in [0.3, 0.4) is 0 Å². The van der Waals surface area contributed by atoms with Gasteiger partial charge in [0.15, 0.2) is 5.82 Å². The molecule has 0 unspecified atom stereocenters. The van der Waals surface area contributed by atoms with E-state index in [1.54, 1.807) is 12.3 Å². The summed E-state index contributed by atoms with van der Waals surface area (Å²) >= 11 is 0. The molecule has 0 aliphatic heterocycles. The number of carboxylic acids is 1. The van der Waals surface area contributed by atoms with Crippen molar-refractivity contribution in [1.29, 1.82) is 0 Å². The third-order valence-corrected chi connectivity index (χ3v) is 6.04. The number of nitrogens with zero attached hydrogens (tertiary/aromatic N) is 2. The molecule has 0 saturated carbocycles. The Morgan fingerprint density at radius 2 is 1.82 bits per heavy atom. The van der Waals surface area contributed by atoms with E-state index < -0.39 is 5.97 Å². The Balaban J connectivity index is 1.45. The number of H-pyrrole nitrogens is 2. The second-order valence-electron chi connectivity index (χ2n) is 8.69. The van der Waals surface area contributed by atoms with Crippen molar-refractivity contribution in [3.8, 4) is 22.9 Å². The summed E-state index contributed by atoms with van der Waals surface area (Å²) in [6, 6.07) is 23.2. The van der Waals surface area contributed by atoms with Crippen molar-refractivity contribution in [3.63, 3.8) is 0 Å². The molecule has 3 N–H and O–H groups in total. The predicted octanol–water partition coefficient (Wildman–Crippen LogP) is 5.70. The van der Waals surface area contributed by atoms with Crippen molar-refractivity contribution in [2.24, 2.45) is 0 Å². The standard InChI is InChI=1S/C27H24N4O3/c1-27(2,18-8-4-3-5-9-18)26-29-25(30-31-26)17-7-6-10-19(15-17)34-23-12-11-22-20(13-14-28-22)21(23)16-24(32)33/h3-15,28H,16H2,1-2H3,(H,32,33)(H,29,30,31). The predicted molar refractivity (Wildman–Crippen MR) is 130 cm³/mol. The average molecular weight is 453 g/mol. The fourth-order valence-electron chi connectivity index (χ4n) is 4.10. The maximum Gasteiger partial charge on any atom is 0.307 e. The molecule has 7 heteroatoms. The van der Waals surface area contributed by atoms with Crippen LogP contribution in [-0.4, -0.2) is 31.2 Å². The Morgan fingerprint density at radius 3 is 2.62 bits per heavy atom. The number of rotatable bonds is 7. The van der Waals surface area contributed by atoms with E-state index in [1.165, 1.54) is 0 Å². The largest absolute Gasteiger partial charge is 0.481 e. The number of carboxylic acid groups (broad SMARTS) is 1. The fraction of sp³-hybridized carbons (Fsp3) is 0.148. The normalized spacial score (nSPS) is 11.6. The third-order valence-electron chi connectivity index (χ3n) is 6.04. The molecule has 0 aliphatic carbocycles. The molecule has 0 saturated heterocycles. The van der Waals surface area contributed by atoms with Gasteiger partial charge in [-0.3, -0.25) is 4.79 Å². The molecule has 0 spiro atoms. The summed E-state index contributed by atoms with van der Waals surface area (Å²) in [6.45, 7) is 4.21. The van der Waals surface area contributed by atoms with Crippen LogP contribution in [0.5, 0.6) is 11.5 Å². The van der Waals surface area contributed by atoms with Gasteiger partial charge in [-0.05, 0) is 49.7 Å². The van der Waals surface area contributed by atoms with Gasteiger partial charge in [-0.25, -0.2) is 0 Å². The second kappa shape index (κ2) is 8.51. The first-order chi connectivity index (χ1) is 16.4. The summed E-state index contributed by atoms with van der Waals surface area (Å²) in [6.07, 6.45) is 1.66. The number of aromatic amines is 2. The highest BCUT2D eigenvalue weighted by Gasteiger charge is 2.27. The lowest BCUT2D eigenvalue weighted by atomic mass is 9.84. The summed E-state index contributed by atoms with van der Waals surface area (Å²) in [5.74, 6) is 1.58. The lowest BCUT2D eigenvalue weighted by molar-refractivity contribution is -0.136. The van der Waals surface area contributed by atoms with E-state index in [4.69, 9.17) is 4.74 Å². The monoisotopic (exact) mass is 452 g/mol. The molecule has 2 aromatic heterocycles. The highest BCUT2D eigenvalue weighted by Crippen LogP contribution is 2.34. The summed E-state index contributed by atoms with van der Waals surface area (Å²) < 4.78 is 6.15. The zero-order valence-corrected chi connectivity index (χ0v) is 18.9. The van der Waals surface area contributed by atoms with Crippen LogP contribution in [-0.2, 0) is 16.6 Å². The molecule has 0 fully saturated rings. The van der Waals surface area contributed by atoms with E-state index in [0.29, 0.717) is 22.9 Å². The lowest BCUT2D eigenvalue weighted by Gasteiger charge is -2.21. The molecule has 0 radical (unpaired) electrons. The Bertz CT molecular complexity index is 1470. The van der Waals surface area contributed by atoms with Gasteiger partial charge in [0.25, 0.3) is 0 Å². The number of ether oxygens (including phenoxy) is 1. The quantitative estimate of drug-likeness (QED) is 0.294. The van der Waals surface area contributed by atoms with Gasteiger partial charge in [0.2, 0.25) is 0 Å². The molecule has 7 nitrogen and oxygen atoms in total. The van der Waals surface area contributed by atoms with Crippen LogP contribution in [0.15, 0.2) is 79.0 Å². The van der Waals surface area contributed by atoms with Gasteiger partial charge < -0.3 is 19.8 Å². The Kier molecular flexibility index (Phi) is 5.37. The first-order valence-corrected chi connectivity index (χ1v) is 11.0. The number of nitrogens with one attached hydrogen (secondary N) is 2. The maximum atomic E-state index is 11.5. The van der Waals surface area contributed by atoms with E-state index in [2.05, 4.69) is 46.1 Å². The van der Waals surface area contributed by atoms with Crippen LogP contribution in [0.2, 0.25) is 0 Å². The SMILES string of the molecule is CC(C)(c1ccccc1)c1nnc(-c2cccc(Oc3ccc4[nH]ccc4c3CC(=O)O)c2)[nH]1. The van der Waals surface area contributed by atoms with E-state index in [9.17, 15) is 9.90 Å². The minimum Gasteiger partial charge on any atom is -0.481 e. The van der Waals surface area contributed by atoms with Crippen molar-refractivity contribution in [3.05, 3.63) is 95.9 Å². The highest BCUT2D eigenvalue weighted by molar-refractivity contribution is 5.89. The molecular formula is C27H24N4O3. The number of aromatic nitrogens is 4. The number of aliphatic carboxylic acids is 1. The fourth-order valence-corrected chi connectivity index (χ4v) is 4.10. The molecule has 3 aromatic carbocycles. The summed E-state index contributed by atoms with van der Waals surface area (Å²) in [5.41, 5.74) is 3.12. The molecule has 0 atom stereocenters. The number of fused-ring (bicyclic) bond motifs is 1. The Labute approximate surface area is 196 Å². The first kappa shape index (κ1) is 21.5. The van der Waals surface area contributed by atoms with Crippen LogP contribution in [0.25, 0.3) is 22.3 Å². The van der Waals surface area contributed by atoms with E-state index in [-0.39, 0.29) is 11.8 Å². The van der Waals surface area contributed by atoms with Gasteiger partial charge in [-0.15, -0.1) is 10.2 Å². The first-order valence-electron chi connectivity index (χ1n) is 11.0. The molecule has 2 heterocycles. The molecule has 5 aromatic rings. The topological polar surface area (TPSA) is 104 Å². The number of carbonyl (C=O) groups is 1.